The van der Waals surface area contributed by atoms with Crippen LogP contribution in [0.3, 0.4) is 0 Å². The summed E-state index contributed by atoms with van der Waals surface area (Å²) in [6.07, 6.45) is 9.85. The zero-order valence-electron chi connectivity index (χ0n) is 10.1. The van der Waals surface area contributed by atoms with Gasteiger partial charge in [-0.1, -0.05) is 0 Å². The molecule has 0 aliphatic heterocycles. The van der Waals surface area contributed by atoms with E-state index in [1.165, 1.54) is 32.2 Å². The van der Waals surface area contributed by atoms with E-state index in [0.29, 0.717) is 0 Å². The van der Waals surface area contributed by atoms with Crippen molar-refractivity contribution < 1.29 is 0 Å². The Balaban J connectivity index is 1.39. The van der Waals surface area contributed by atoms with E-state index in [4.69, 9.17) is 0 Å². The van der Waals surface area contributed by atoms with Crippen molar-refractivity contribution in [2.75, 3.05) is 13.1 Å². The maximum Gasteiger partial charge on any atom is 0.105 e. The summed E-state index contributed by atoms with van der Waals surface area (Å²) < 4.78 is 2.21. The molecule has 3 heteroatoms. The number of nitrogens with one attached hydrogen (secondary N) is 1. The molecular weight excluding hydrogens is 198 g/mol. The molecule has 16 heavy (non-hydrogen) atoms. The first-order valence-electron chi connectivity index (χ1n) is 6.49. The highest BCUT2D eigenvalue weighted by molar-refractivity contribution is 5.05. The summed E-state index contributed by atoms with van der Waals surface area (Å²) in [5, 5.41) is 3.63. The molecule has 1 aromatic rings. The lowest BCUT2D eigenvalue weighted by molar-refractivity contribution is 0.398. The van der Waals surface area contributed by atoms with Crippen LogP contribution in [-0.4, -0.2) is 22.6 Å². The third-order valence-electron chi connectivity index (χ3n) is 4.27. The Labute approximate surface area is 97.3 Å². The van der Waals surface area contributed by atoms with Crippen LogP contribution in [0, 0.1) is 18.3 Å². The second kappa shape index (κ2) is 3.88. The summed E-state index contributed by atoms with van der Waals surface area (Å²) in [6.45, 7) is 5.43. The lowest BCUT2D eigenvalue weighted by atomic mass is 10.0. The lowest BCUT2D eigenvalue weighted by Crippen LogP contribution is -2.28. The van der Waals surface area contributed by atoms with Gasteiger partial charge in [0, 0.05) is 32.0 Å². The van der Waals surface area contributed by atoms with Gasteiger partial charge in [0.1, 0.15) is 5.82 Å². The van der Waals surface area contributed by atoms with E-state index < -0.39 is 0 Å². The first-order chi connectivity index (χ1) is 7.80. The van der Waals surface area contributed by atoms with Gasteiger partial charge in [0.2, 0.25) is 0 Å². The summed E-state index contributed by atoms with van der Waals surface area (Å²) >= 11 is 0. The molecule has 2 saturated carbocycles. The molecule has 2 aliphatic rings. The Kier molecular flexibility index (Phi) is 2.51. The molecule has 0 bridgehead atoms. The summed E-state index contributed by atoms with van der Waals surface area (Å²) in [5.41, 5.74) is 0.726. The van der Waals surface area contributed by atoms with Crippen LogP contribution in [0.5, 0.6) is 0 Å². The zero-order valence-corrected chi connectivity index (χ0v) is 10.1. The van der Waals surface area contributed by atoms with Gasteiger partial charge in [-0.15, -0.1) is 0 Å². The van der Waals surface area contributed by atoms with Gasteiger partial charge < -0.3 is 9.88 Å². The molecule has 0 saturated heterocycles. The molecule has 3 rings (SSSR count). The molecule has 0 aromatic carbocycles. The van der Waals surface area contributed by atoms with Crippen molar-refractivity contribution in [3.8, 4) is 0 Å². The van der Waals surface area contributed by atoms with E-state index in [2.05, 4.69) is 28.0 Å². The minimum atomic E-state index is 0.726. The SMILES string of the molecule is Cc1nccn1CCNCC1(C2CC2)CC1. The van der Waals surface area contributed by atoms with E-state index in [1.807, 2.05) is 6.20 Å². The van der Waals surface area contributed by atoms with Gasteiger partial charge in [-0.2, -0.15) is 0 Å². The highest BCUT2D eigenvalue weighted by atomic mass is 15.1. The minimum Gasteiger partial charge on any atom is -0.334 e. The molecule has 3 nitrogen and oxygen atoms in total. The van der Waals surface area contributed by atoms with Crippen molar-refractivity contribution in [3.63, 3.8) is 0 Å². The summed E-state index contributed by atoms with van der Waals surface area (Å²) in [5.74, 6) is 2.18. The molecule has 0 spiro atoms. The van der Waals surface area contributed by atoms with E-state index in [9.17, 15) is 0 Å². The number of hydrogen-bond donors (Lipinski definition) is 1. The van der Waals surface area contributed by atoms with Crippen LogP contribution < -0.4 is 5.32 Å². The Morgan fingerprint density at radius 2 is 2.31 bits per heavy atom. The van der Waals surface area contributed by atoms with Crippen molar-refractivity contribution in [3.05, 3.63) is 18.2 Å². The van der Waals surface area contributed by atoms with Crippen LogP contribution in [-0.2, 0) is 6.54 Å². The first-order valence-corrected chi connectivity index (χ1v) is 6.49. The normalized spacial score (nSPS) is 22.3. The topological polar surface area (TPSA) is 29.9 Å². The Morgan fingerprint density at radius 3 is 2.88 bits per heavy atom. The monoisotopic (exact) mass is 219 g/mol. The molecule has 0 amide bonds. The first kappa shape index (κ1) is 10.3. The largest absolute Gasteiger partial charge is 0.334 e. The van der Waals surface area contributed by atoms with Crippen LogP contribution in [0.25, 0.3) is 0 Å². The predicted molar refractivity (Wildman–Crippen MR) is 64.2 cm³/mol. The molecule has 2 aliphatic carbocycles. The van der Waals surface area contributed by atoms with Gasteiger partial charge in [0.05, 0.1) is 0 Å². The second-order valence-electron chi connectivity index (χ2n) is 5.48. The highest BCUT2D eigenvalue weighted by Crippen LogP contribution is 2.60. The minimum absolute atomic E-state index is 0.726. The molecule has 1 heterocycles. The quantitative estimate of drug-likeness (QED) is 0.741. The maximum atomic E-state index is 4.23. The van der Waals surface area contributed by atoms with Crippen LogP contribution >= 0.6 is 0 Å². The predicted octanol–water partition coefficient (Wildman–Crippen LogP) is 1.97. The fourth-order valence-electron chi connectivity index (χ4n) is 2.76. The molecule has 0 radical (unpaired) electrons. The average molecular weight is 219 g/mol. The van der Waals surface area contributed by atoms with Crippen molar-refractivity contribution in [1.29, 1.82) is 0 Å². The van der Waals surface area contributed by atoms with Crippen molar-refractivity contribution in [2.24, 2.45) is 11.3 Å². The van der Waals surface area contributed by atoms with Gasteiger partial charge in [-0.05, 0) is 43.9 Å². The van der Waals surface area contributed by atoms with Gasteiger partial charge >= 0.3 is 0 Å². The fourth-order valence-corrected chi connectivity index (χ4v) is 2.76. The molecule has 0 atom stereocenters. The maximum absolute atomic E-state index is 4.23. The summed E-state index contributed by atoms with van der Waals surface area (Å²) in [7, 11) is 0. The van der Waals surface area contributed by atoms with Gasteiger partial charge in [0.15, 0.2) is 0 Å². The molecule has 2 fully saturated rings. The van der Waals surface area contributed by atoms with Crippen molar-refractivity contribution >= 4 is 0 Å². The van der Waals surface area contributed by atoms with E-state index >= 15 is 0 Å². The van der Waals surface area contributed by atoms with Crippen molar-refractivity contribution in [2.45, 2.75) is 39.2 Å². The van der Waals surface area contributed by atoms with Gasteiger partial charge in [0.25, 0.3) is 0 Å². The summed E-state index contributed by atoms with van der Waals surface area (Å²) in [6, 6.07) is 0. The molecular formula is C13H21N3. The van der Waals surface area contributed by atoms with Crippen molar-refractivity contribution in [1.82, 2.24) is 14.9 Å². The van der Waals surface area contributed by atoms with Crippen LogP contribution in [0.4, 0.5) is 0 Å². The Morgan fingerprint density at radius 1 is 1.50 bits per heavy atom. The molecule has 1 aromatic heterocycles. The third-order valence-corrected chi connectivity index (χ3v) is 4.27. The van der Waals surface area contributed by atoms with Crippen LogP contribution in [0.15, 0.2) is 12.4 Å². The van der Waals surface area contributed by atoms with Crippen LogP contribution in [0.2, 0.25) is 0 Å². The van der Waals surface area contributed by atoms with Gasteiger partial charge in [-0.25, -0.2) is 4.98 Å². The molecule has 0 unspecified atom stereocenters. The van der Waals surface area contributed by atoms with E-state index in [1.54, 1.807) is 0 Å². The van der Waals surface area contributed by atoms with Gasteiger partial charge in [-0.3, -0.25) is 0 Å². The Bertz CT molecular complexity index is 361. The fraction of sp³-hybridized carbons (Fsp3) is 0.769. The second-order valence-corrected chi connectivity index (χ2v) is 5.48. The number of rotatable bonds is 6. The van der Waals surface area contributed by atoms with E-state index in [0.717, 1.165) is 30.2 Å². The third kappa shape index (κ3) is 2.01. The molecule has 88 valence electrons. The molecule has 1 N–H and O–H groups in total. The van der Waals surface area contributed by atoms with Crippen LogP contribution in [0.1, 0.15) is 31.5 Å². The average Bonchev–Trinajstić information content (AvgIpc) is 3.14. The zero-order chi connectivity index (χ0) is 11.0. The Hall–Kier alpha value is -0.830. The number of aryl methyl sites for hydroxylation is 1. The highest BCUT2D eigenvalue weighted by Gasteiger charge is 2.52. The number of hydrogen-bond acceptors (Lipinski definition) is 2. The number of aromatic nitrogens is 2. The van der Waals surface area contributed by atoms with E-state index in [-0.39, 0.29) is 0 Å². The lowest BCUT2D eigenvalue weighted by Gasteiger charge is -2.15. The smallest absolute Gasteiger partial charge is 0.105 e. The number of nitrogens with zero attached hydrogens (tertiary/aromatic N) is 2. The number of imidazole rings is 1. The summed E-state index contributed by atoms with van der Waals surface area (Å²) in [4.78, 5) is 4.23. The standard InChI is InChI=1S/C13H21N3/c1-11-15-7-9-16(11)8-6-14-10-13(4-5-13)12-2-3-12/h7,9,12,14H,2-6,8,10H2,1H3.